The maximum Gasteiger partial charge on any atom is 0.244 e. The molecule has 0 fully saturated rings. The van der Waals surface area contributed by atoms with E-state index in [9.17, 15) is 17.6 Å². The van der Waals surface area contributed by atoms with Gasteiger partial charge in [-0.15, -0.1) is 0 Å². The summed E-state index contributed by atoms with van der Waals surface area (Å²) in [5.41, 5.74) is 1.92. The molecule has 1 N–H and O–H groups in total. The van der Waals surface area contributed by atoms with Crippen molar-refractivity contribution in [2.75, 3.05) is 5.32 Å². The minimum Gasteiger partial charge on any atom is -0.337 e. The molecule has 158 valence electrons. The molecule has 0 aliphatic rings. The van der Waals surface area contributed by atoms with Crippen LogP contribution in [-0.2, 0) is 21.2 Å². The number of amides is 1. The van der Waals surface area contributed by atoms with Gasteiger partial charge in [-0.25, -0.2) is 12.8 Å². The average molecular weight is 457 g/mol. The van der Waals surface area contributed by atoms with Crippen molar-refractivity contribution in [1.29, 1.82) is 0 Å². The highest BCUT2D eigenvalue weighted by atomic mass is 35.5. The van der Waals surface area contributed by atoms with Crippen molar-refractivity contribution in [2.45, 2.75) is 23.3 Å². The fraction of sp³-hybridized carbons (Fsp3) is 0.0870. The van der Waals surface area contributed by atoms with Gasteiger partial charge in [-0.1, -0.05) is 47.5 Å². The summed E-state index contributed by atoms with van der Waals surface area (Å²) in [6.07, 6.45) is 1.47. The van der Waals surface area contributed by atoms with E-state index in [2.05, 4.69) is 5.32 Å². The van der Waals surface area contributed by atoms with Gasteiger partial charge in [0.1, 0.15) is 12.4 Å². The van der Waals surface area contributed by atoms with Gasteiger partial charge >= 0.3 is 0 Å². The maximum absolute atomic E-state index is 13.3. The van der Waals surface area contributed by atoms with Gasteiger partial charge in [0.25, 0.3) is 0 Å². The molecule has 0 aliphatic carbocycles. The second kappa shape index (κ2) is 8.17. The quantitative estimate of drug-likeness (QED) is 0.448. The predicted molar refractivity (Wildman–Crippen MR) is 119 cm³/mol. The predicted octanol–water partition coefficient (Wildman–Crippen LogP) is 5.21. The number of benzene rings is 3. The first-order valence-electron chi connectivity index (χ1n) is 9.40. The number of carbonyl (C=O) groups excluding carboxylic acids is 1. The zero-order valence-corrected chi connectivity index (χ0v) is 18.0. The van der Waals surface area contributed by atoms with Crippen LogP contribution in [0.1, 0.15) is 5.56 Å². The Kier molecular flexibility index (Phi) is 5.56. The Morgan fingerprint density at radius 3 is 2.48 bits per heavy atom. The summed E-state index contributed by atoms with van der Waals surface area (Å²) in [7, 11) is -3.78. The summed E-state index contributed by atoms with van der Waals surface area (Å²) in [6, 6.07) is 17.5. The molecular weight excluding hydrogens is 439 g/mol. The van der Waals surface area contributed by atoms with Crippen molar-refractivity contribution in [1.82, 2.24) is 4.57 Å². The number of anilines is 1. The number of fused-ring (bicyclic) bond motifs is 1. The van der Waals surface area contributed by atoms with Gasteiger partial charge in [-0.3, -0.25) is 4.79 Å². The van der Waals surface area contributed by atoms with E-state index in [0.29, 0.717) is 16.6 Å². The van der Waals surface area contributed by atoms with E-state index < -0.39 is 21.6 Å². The van der Waals surface area contributed by atoms with Crippen molar-refractivity contribution in [3.8, 4) is 0 Å². The van der Waals surface area contributed by atoms with Crippen LogP contribution in [0.3, 0.4) is 0 Å². The molecule has 0 atom stereocenters. The number of hydrogen-bond donors (Lipinski definition) is 1. The molecule has 1 aromatic heterocycles. The van der Waals surface area contributed by atoms with Crippen LogP contribution in [0.4, 0.5) is 10.1 Å². The van der Waals surface area contributed by atoms with Crippen molar-refractivity contribution in [2.24, 2.45) is 0 Å². The van der Waals surface area contributed by atoms with E-state index in [1.807, 2.05) is 6.92 Å². The number of aromatic nitrogens is 1. The number of halogens is 2. The standard InChI is InChI=1S/C23H18ClFN2O3S/c1-15-6-9-17(10-7-15)31(29,30)22-13-27(21-5-3-2-4-18(21)22)14-23(28)26-16-8-11-20(25)19(24)12-16/h2-13H,14H2,1H3,(H,26,28). The fourth-order valence-corrected chi connectivity index (χ4v) is 4.99. The Morgan fingerprint density at radius 2 is 1.77 bits per heavy atom. The summed E-state index contributed by atoms with van der Waals surface area (Å²) < 4.78 is 41.4. The number of rotatable bonds is 5. The lowest BCUT2D eigenvalue weighted by Gasteiger charge is -2.08. The van der Waals surface area contributed by atoms with Gasteiger partial charge in [-0.05, 0) is 43.3 Å². The molecular formula is C23H18ClFN2O3S. The summed E-state index contributed by atoms with van der Waals surface area (Å²) >= 11 is 5.76. The van der Waals surface area contributed by atoms with Crippen LogP contribution in [0.15, 0.2) is 82.7 Å². The molecule has 4 aromatic rings. The molecule has 0 radical (unpaired) electrons. The molecule has 1 amide bonds. The molecule has 3 aromatic carbocycles. The van der Waals surface area contributed by atoms with Crippen LogP contribution in [0.2, 0.25) is 5.02 Å². The lowest BCUT2D eigenvalue weighted by molar-refractivity contribution is -0.116. The number of para-hydroxylation sites is 1. The Bertz CT molecular complexity index is 1400. The van der Waals surface area contributed by atoms with Gasteiger partial charge in [-0.2, -0.15) is 0 Å². The van der Waals surface area contributed by atoms with Crippen molar-refractivity contribution in [3.63, 3.8) is 0 Å². The Morgan fingerprint density at radius 1 is 1.06 bits per heavy atom. The highest BCUT2D eigenvalue weighted by Gasteiger charge is 2.23. The zero-order valence-electron chi connectivity index (χ0n) is 16.5. The summed E-state index contributed by atoms with van der Waals surface area (Å²) in [6.45, 7) is 1.76. The first kappa shape index (κ1) is 21.1. The Hall–Kier alpha value is -3.16. The molecule has 0 saturated carbocycles. The minimum atomic E-state index is -3.78. The van der Waals surface area contributed by atoms with Gasteiger partial charge in [0, 0.05) is 22.8 Å². The van der Waals surface area contributed by atoms with E-state index in [1.165, 1.54) is 18.3 Å². The third kappa shape index (κ3) is 4.19. The molecule has 0 saturated heterocycles. The fourth-order valence-electron chi connectivity index (χ4n) is 3.33. The first-order valence-corrected chi connectivity index (χ1v) is 11.3. The van der Waals surface area contributed by atoms with Crippen LogP contribution in [0.25, 0.3) is 10.9 Å². The second-order valence-electron chi connectivity index (χ2n) is 7.13. The second-order valence-corrected chi connectivity index (χ2v) is 9.46. The normalized spacial score (nSPS) is 11.6. The van der Waals surface area contributed by atoms with E-state index in [-0.39, 0.29) is 21.4 Å². The maximum atomic E-state index is 13.3. The van der Waals surface area contributed by atoms with E-state index in [1.54, 1.807) is 53.1 Å². The van der Waals surface area contributed by atoms with Crippen molar-refractivity contribution in [3.05, 3.63) is 89.3 Å². The first-order chi connectivity index (χ1) is 14.8. The largest absolute Gasteiger partial charge is 0.337 e. The van der Waals surface area contributed by atoms with Gasteiger partial charge in [0.15, 0.2) is 0 Å². The third-order valence-corrected chi connectivity index (χ3v) is 6.98. The molecule has 0 unspecified atom stereocenters. The molecule has 0 spiro atoms. The van der Waals surface area contributed by atoms with Crippen LogP contribution >= 0.6 is 11.6 Å². The lowest BCUT2D eigenvalue weighted by Crippen LogP contribution is -2.18. The van der Waals surface area contributed by atoms with Crippen molar-refractivity contribution < 1.29 is 17.6 Å². The smallest absolute Gasteiger partial charge is 0.244 e. The molecule has 5 nitrogen and oxygen atoms in total. The Balaban J connectivity index is 1.69. The van der Waals surface area contributed by atoms with Gasteiger partial charge in [0.05, 0.1) is 14.8 Å². The number of nitrogens with one attached hydrogen (secondary N) is 1. The molecule has 8 heteroatoms. The van der Waals surface area contributed by atoms with Crippen LogP contribution < -0.4 is 5.32 Å². The molecule has 0 bridgehead atoms. The Labute approximate surface area is 184 Å². The summed E-state index contributed by atoms with van der Waals surface area (Å²) in [5, 5.41) is 3.08. The van der Waals surface area contributed by atoms with Crippen LogP contribution in [0, 0.1) is 12.7 Å². The minimum absolute atomic E-state index is 0.101. The van der Waals surface area contributed by atoms with E-state index in [0.717, 1.165) is 11.6 Å². The summed E-state index contributed by atoms with van der Waals surface area (Å²) in [4.78, 5) is 12.9. The highest BCUT2D eigenvalue weighted by Crippen LogP contribution is 2.30. The van der Waals surface area contributed by atoms with Gasteiger partial charge in [0.2, 0.25) is 15.7 Å². The monoisotopic (exact) mass is 456 g/mol. The van der Waals surface area contributed by atoms with E-state index >= 15 is 0 Å². The lowest BCUT2D eigenvalue weighted by atomic mass is 10.2. The topological polar surface area (TPSA) is 68.2 Å². The molecule has 31 heavy (non-hydrogen) atoms. The number of carbonyl (C=O) groups is 1. The molecule has 4 rings (SSSR count). The highest BCUT2D eigenvalue weighted by molar-refractivity contribution is 7.91. The van der Waals surface area contributed by atoms with Gasteiger partial charge < -0.3 is 9.88 Å². The van der Waals surface area contributed by atoms with Crippen molar-refractivity contribution >= 4 is 43.9 Å². The zero-order chi connectivity index (χ0) is 22.2. The van der Waals surface area contributed by atoms with E-state index in [4.69, 9.17) is 11.6 Å². The van der Waals surface area contributed by atoms with Crippen LogP contribution in [-0.4, -0.2) is 18.9 Å². The molecule has 1 heterocycles. The summed E-state index contributed by atoms with van der Waals surface area (Å²) in [5.74, 6) is -0.982. The average Bonchev–Trinajstić information content (AvgIpc) is 3.10. The number of nitrogens with zero attached hydrogens (tertiary/aromatic N) is 1. The number of hydrogen-bond acceptors (Lipinski definition) is 3. The number of sulfone groups is 1. The number of aryl methyl sites for hydroxylation is 1. The third-order valence-electron chi connectivity index (χ3n) is 4.89. The molecule has 0 aliphatic heterocycles. The SMILES string of the molecule is Cc1ccc(S(=O)(=O)c2cn(CC(=O)Nc3ccc(F)c(Cl)c3)c3ccccc23)cc1. The van der Waals surface area contributed by atoms with Crippen LogP contribution in [0.5, 0.6) is 0 Å².